The van der Waals surface area contributed by atoms with Crippen molar-refractivity contribution in [2.45, 2.75) is 50.7 Å². The van der Waals surface area contributed by atoms with Gasteiger partial charge in [-0.3, -0.25) is 4.79 Å². The summed E-state index contributed by atoms with van der Waals surface area (Å²) in [7, 11) is 1.98. The van der Waals surface area contributed by atoms with Crippen LogP contribution >= 0.6 is 11.8 Å². The molecule has 46 heavy (non-hydrogen) atoms. The Hall–Kier alpha value is -4.16. The van der Waals surface area contributed by atoms with Crippen LogP contribution in [0.25, 0.3) is 11.1 Å². The van der Waals surface area contributed by atoms with Crippen molar-refractivity contribution < 1.29 is 28.9 Å². The number of carbonyl (C=O) groups is 2. The van der Waals surface area contributed by atoms with Gasteiger partial charge in [-0.2, -0.15) is 0 Å². The Bertz CT molecular complexity index is 1590. The highest BCUT2D eigenvalue weighted by Crippen LogP contribution is 2.43. The molecule has 3 N–H and O–H groups in total. The largest absolute Gasteiger partial charge is 0.465 e. The molecule has 1 aliphatic rings. The van der Waals surface area contributed by atoms with Gasteiger partial charge in [-0.15, -0.1) is 0 Å². The van der Waals surface area contributed by atoms with Crippen molar-refractivity contribution in [3.05, 3.63) is 107 Å². The van der Waals surface area contributed by atoms with Gasteiger partial charge in [-0.1, -0.05) is 85.4 Å². The number of hydrogen-bond donors (Lipinski definition) is 3. The molecule has 5 rings (SSSR count). The lowest BCUT2D eigenvalue weighted by atomic mass is 9.91. The number of imidazole rings is 1. The van der Waals surface area contributed by atoms with Crippen LogP contribution in [0.2, 0.25) is 0 Å². The topological polar surface area (TPSA) is 124 Å². The van der Waals surface area contributed by atoms with Gasteiger partial charge in [0.25, 0.3) is 0 Å². The fourth-order valence-corrected chi connectivity index (χ4v) is 6.36. The molecule has 0 bridgehead atoms. The van der Waals surface area contributed by atoms with Gasteiger partial charge in [-0.25, -0.2) is 9.78 Å². The normalized spacial score (nSPS) is 19.4. The van der Waals surface area contributed by atoms with E-state index in [1.165, 1.54) is 0 Å². The molecule has 0 radical (unpaired) electrons. The van der Waals surface area contributed by atoms with E-state index in [9.17, 15) is 14.7 Å². The van der Waals surface area contributed by atoms with Crippen LogP contribution in [-0.4, -0.2) is 51.7 Å². The maximum Gasteiger partial charge on any atom is 0.325 e. The van der Waals surface area contributed by atoms with E-state index in [2.05, 4.69) is 22.5 Å². The van der Waals surface area contributed by atoms with E-state index in [1.807, 2.05) is 90.6 Å². The van der Waals surface area contributed by atoms with E-state index in [0.717, 1.165) is 44.3 Å². The highest BCUT2D eigenvalue weighted by atomic mass is 32.2. The first kappa shape index (κ1) is 33.2. The van der Waals surface area contributed by atoms with Crippen molar-refractivity contribution in [2.24, 2.45) is 13.0 Å². The van der Waals surface area contributed by atoms with Gasteiger partial charge < -0.3 is 34.5 Å². The van der Waals surface area contributed by atoms with Crippen LogP contribution < -0.4 is 10.6 Å². The van der Waals surface area contributed by atoms with Gasteiger partial charge in [0.05, 0.1) is 25.4 Å². The number of amides is 2. The summed E-state index contributed by atoms with van der Waals surface area (Å²) in [5, 5.41) is 15.7. The van der Waals surface area contributed by atoms with Crippen LogP contribution in [0.15, 0.2) is 90.3 Å². The second-order valence-corrected chi connectivity index (χ2v) is 12.1. The Labute approximate surface area is 273 Å². The number of aromatic nitrogens is 2. The van der Waals surface area contributed by atoms with Gasteiger partial charge in [0.15, 0.2) is 11.4 Å². The van der Waals surface area contributed by atoms with Crippen LogP contribution in [0.3, 0.4) is 0 Å². The minimum Gasteiger partial charge on any atom is -0.465 e. The Morgan fingerprint density at radius 2 is 1.74 bits per heavy atom. The minimum absolute atomic E-state index is 0.00571. The molecule has 1 saturated heterocycles. The number of aryl methyl sites for hydroxylation is 1. The molecule has 1 fully saturated rings. The lowest BCUT2D eigenvalue weighted by Crippen LogP contribution is -2.38. The van der Waals surface area contributed by atoms with Crippen molar-refractivity contribution >= 4 is 23.8 Å². The van der Waals surface area contributed by atoms with Gasteiger partial charge in [0, 0.05) is 43.2 Å². The number of esters is 1. The van der Waals surface area contributed by atoms with Crippen LogP contribution in [-0.2, 0) is 39.2 Å². The molecule has 2 amide bonds. The molecule has 242 valence electrons. The molecule has 0 aliphatic carbocycles. The molecular formula is C35H40N4O6S. The summed E-state index contributed by atoms with van der Waals surface area (Å²) >= 11 is 1.66. The number of nitrogens with one attached hydrogen (secondary N) is 2. The number of nitrogens with zero attached hydrogens (tertiary/aromatic N) is 2. The van der Waals surface area contributed by atoms with Crippen molar-refractivity contribution in [3.8, 4) is 11.1 Å². The lowest BCUT2D eigenvalue weighted by Gasteiger charge is -2.41. The van der Waals surface area contributed by atoms with Crippen molar-refractivity contribution in [3.63, 3.8) is 0 Å². The lowest BCUT2D eigenvalue weighted by molar-refractivity contribution is -0.268. The SMILES string of the molecule is CCOC(=O)CNC(=O)NCc1cccc(-c2ccc([C@H]3O[C@@H](CSc4nccn4C)[C@@H](C)[C@@H](c4ccc(CO)cc4)O3)cc2)c1. The van der Waals surface area contributed by atoms with Gasteiger partial charge in [0.2, 0.25) is 0 Å². The molecule has 3 aromatic carbocycles. The maximum absolute atomic E-state index is 12.1. The third-order valence-electron chi connectivity index (χ3n) is 7.87. The van der Waals surface area contributed by atoms with Crippen LogP contribution in [0.1, 0.15) is 48.5 Å². The molecule has 0 saturated carbocycles. The van der Waals surface area contributed by atoms with Gasteiger partial charge >= 0.3 is 12.0 Å². The van der Waals surface area contributed by atoms with Crippen molar-refractivity contribution in [2.75, 3.05) is 18.9 Å². The zero-order valence-corrected chi connectivity index (χ0v) is 27.0. The number of rotatable bonds is 12. The first-order chi connectivity index (χ1) is 22.3. The summed E-state index contributed by atoms with van der Waals surface area (Å²) in [4.78, 5) is 28.0. The number of aliphatic hydroxyl groups excluding tert-OH is 1. The van der Waals surface area contributed by atoms with Crippen LogP contribution in [0.4, 0.5) is 4.79 Å². The average molecular weight is 645 g/mol. The van der Waals surface area contributed by atoms with E-state index in [4.69, 9.17) is 14.2 Å². The number of carbonyl (C=O) groups excluding carboxylic acids is 2. The zero-order valence-electron chi connectivity index (χ0n) is 26.2. The quantitative estimate of drug-likeness (QED) is 0.136. The van der Waals surface area contributed by atoms with Gasteiger partial charge in [-0.05, 0) is 40.8 Å². The highest BCUT2D eigenvalue weighted by molar-refractivity contribution is 7.99. The molecule has 4 atom stereocenters. The second kappa shape index (κ2) is 15.9. The molecule has 10 nitrogen and oxygen atoms in total. The average Bonchev–Trinajstić information content (AvgIpc) is 3.50. The number of aliphatic hydroxyl groups is 1. The van der Waals surface area contributed by atoms with E-state index < -0.39 is 18.3 Å². The van der Waals surface area contributed by atoms with E-state index in [1.54, 1.807) is 24.9 Å². The van der Waals surface area contributed by atoms with Crippen molar-refractivity contribution in [1.82, 2.24) is 20.2 Å². The molecule has 1 aromatic heterocycles. The standard InChI is InChI=1S/C35H40N4O6S/c1-4-43-31(41)20-38-34(42)37-19-25-6-5-7-29(18-25)26-12-14-28(15-13-26)33-44-30(22-46-35-36-16-17-39(35)3)23(2)32(45-33)27-10-8-24(21-40)9-11-27/h5-18,23,30,32-33,40H,4,19-22H2,1-3H3,(H2,37,38,42)/t23-,30+,32+,33+/m1/s1. The highest BCUT2D eigenvalue weighted by Gasteiger charge is 2.38. The number of thioether (sulfide) groups is 1. The van der Waals surface area contributed by atoms with E-state index >= 15 is 0 Å². The fourth-order valence-electron chi connectivity index (χ4n) is 5.26. The fraction of sp³-hybridized carbons (Fsp3) is 0.343. The first-order valence-electron chi connectivity index (χ1n) is 15.3. The molecule has 0 unspecified atom stereocenters. The number of hydrogen-bond acceptors (Lipinski definition) is 8. The monoisotopic (exact) mass is 644 g/mol. The Balaban J connectivity index is 1.28. The zero-order chi connectivity index (χ0) is 32.5. The smallest absolute Gasteiger partial charge is 0.325 e. The Morgan fingerprint density at radius 1 is 0.978 bits per heavy atom. The molecule has 4 aromatic rings. The van der Waals surface area contributed by atoms with E-state index in [-0.39, 0.29) is 37.9 Å². The third-order valence-corrected chi connectivity index (χ3v) is 9.02. The number of ether oxygens (including phenoxy) is 3. The predicted octanol–water partition coefficient (Wildman–Crippen LogP) is 5.53. The number of benzene rings is 3. The Kier molecular flexibility index (Phi) is 11.5. The van der Waals surface area contributed by atoms with Gasteiger partial charge in [0.1, 0.15) is 6.54 Å². The summed E-state index contributed by atoms with van der Waals surface area (Å²) in [6.45, 7) is 4.26. The molecule has 2 heterocycles. The molecule has 11 heteroatoms. The third kappa shape index (κ3) is 8.55. The Morgan fingerprint density at radius 3 is 2.43 bits per heavy atom. The summed E-state index contributed by atoms with van der Waals surface area (Å²) in [5.74, 6) is 0.316. The summed E-state index contributed by atoms with van der Waals surface area (Å²) in [6, 6.07) is 23.5. The maximum atomic E-state index is 12.1. The van der Waals surface area contributed by atoms with Crippen molar-refractivity contribution in [1.29, 1.82) is 0 Å². The summed E-state index contributed by atoms with van der Waals surface area (Å²) in [6.07, 6.45) is 2.87. The summed E-state index contributed by atoms with van der Waals surface area (Å²) in [5.41, 5.74) is 5.75. The first-order valence-corrected chi connectivity index (χ1v) is 16.3. The van der Waals surface area contributed by atoms with E-state index in [0.29, 0.717) is 6.54 Å². The summed E-state index contributed by atoms with van der Waals surface area (Å²) < 4.78 is 20.0. The van der Waals surface area contributed by atoms with Crippen LogP contribution in [0.5, 0.6) is 0 Å². The van der Waals surface area contributed by atoms with Crippen LogP contribution in [0, 0.1) is 5.92 Å². The molecule has 0 spiro atoms. The molecule has 1 aliphatic heterocycles. The number of urea groups is 1. The molecular weight excluding hydrogens is 604 g/mol. The second-order valence-electron chi connectivity index (χ2n) is 11.1. The minimum atomic E-state index is -0.566. The predicted molar refractivity (Wildman–Crippen MR) is 176 cm³/mol.